The number of aromatic nitrogens is 1. The normalized spacial score (nSPS) is 11.6. The summed E-state index contributed by atoms with van der Waals surface area (Å²) in [5.74, 6) is -2.01. The summed E-state index contributed by atoms with van der Waals surface area (Å²) >= 11 is 6.02. The van der Waals surface area contributed by atoms with E-state index in [2.05, 4.69) is 0 Å². The van der Waals surface area contributed by atoms with Crippen molar-refractivity contribution >= 4 is 28.9 Å². The van der Waals surface area contributed by atoms with Crippen molar-refractivity contribution in [3.63, 3.8) is 0 Å². The second-order valence-electron chi connectivity index (χ2n) is 6.77. The van der Waals surface area contributed by atoms with Crippen molar-refractivity contribution in [2.75, 3.05) is 0 Å². The number of carboxylic acid groups (broad SMARTS) is 1. The summed E-state index contributed by atoms with van der Waals surface area (Å²) in [6.07, 6.45) is -3.21. The quantitative estimate of drug-likeness (QED) is 0.381. The van der Waals surface area contributed by atoms with Crippen molar-refractivity contribution in [3.8, 4) is 11.1 Å². The van der Waals surface area contributed by atoms with Crippen LogP contribution in [0, 0.1) is 0 Å². The summed E-state index contributed by atoms with van der Waals surface area (Å²) < 4.78 is 42.1. The summed E-state index contributed by atoms with van der Waals surface area (Å²) in [4.78, 5) is 24.6. The third-order valence-corrected chi connectivity index (χ3v) is 5.19. The zero-order valence-corrected chi connectivity index (χ0v) is 16.4. The van der Waals surface area contributed by atoms with Crippen molar-refractivity contribution in [1.29, 1.82) is 0 Å². The van der Waals surface area contributed by atoms with Crippen LogP contribution < -0.4 is 0 Å². The number of hydrogen-bond acceptors (Lipinski definition) is 2. The molecule has 0 spiro atoms. The molecule has 0 aliphatic heterocycles. The maximum atomic E-state index is 13.5. The van der Waals surface area contributed by atoms with E-state index in [1.165, 1.54) is 28.7 Å². The number of carbonyl (C=O) groups excluding carboxylic acids is 1. The summed E-state index contributed by atoms with van der Waals surface area (Å²) in [6.45, 7) is 0. The van der Waals surface area contributed by atoms with Crippen LogP contribution in [0.15, 0.2) is 72.9 Å². The largest absolute Gasteiger partial charge is 0.478 e. The monoisotopic (exact) mass is 443 g/mol. The number of carboxylic acids is 1. The van der Waals surface area contributed by atoms with Crippen LogP contribution in [0.4, 0.5) is 13.2 Å². The van der Waals surface area contributed by atoms with Crippen LogP contribution in [0.25, 0.3) is 16.6 Å². The number of benzene rings is 2. The van der Waals surface area contributed by atoms with Crippen molar-refractivity contribution in [1.82, 2.24) is 4.40 Å². The van der Waals surface area contributed by atoms with E-state index in [-0.39, 0.29) is 16.3 Å². The molecule has 2 aromatic heterocycles. The minimum absolute atomic E-state index is 0.0232. The molecule has 0 saturated carbocycles. The Balaban J connectivity index is 1.95. The molecule has 1 N–H and O–H groups in total. The average Bonchev–Trinajstić information content (AvgIpc) is 3.12. The number of pyridine rings is 1. The van der Waals surface area contributed by atoms with Crippen molar-refractivity contribution < 1.29 is 27.9 Å². The van der Waals surface area contributed by atoms with Gasteiger partial charge in [0.05, 0.1) is 32.9 Å². The number of ketones is 1. The molecule has 0 fully saturated rings. The van der Waals surface area contributed by atoms with Gasteiger partial charge in [0, 0.05) is 11.8 Å². The van der Waals surface area contributed by atoms with E-state index in [1.807, 2.05) is 0 Å². The van der Waals surface area contributed by atoms with Crippen LogP contribution in [0.5, 0.6) is 0 Å². The van der Waals surface area contributed by atoms with Gasteiger partial charge < -0.3 is 9.51 Å². The maximum absolute atomic E-state index is 13.5. The standard InChI is InChI=1S/C23H13ClF3NO3/c24-17-8-4-7-16(23(25,26)27)20(17)21(29)19-12-15(18-9-1-2-10-28(18)19)13-5-3-6-14(11-13)22(30)31/h1-12H,(H,30,31). The van der Waals surface area contributed by atoms with Gasteiger partial charge in [-0.15, -0.1) is 0 Å². The van der Waals surface area contributed by atoms with Gasteiger partial charge in [-0.3, -0.25) is 4.79 Å². The zero-order chi connectivity index (χ0) is 22.3. The first kappa shape index (κ1) is 20.7. The predicted octanol–water partition coefficient (Wildman–Crippen LogP) is 6.21. The van der Waals surface area contributed by atoms with Crippen molar-refractivity contribution in [2.24, 2.45) is 0 Å². The first-order chi connectivity index (χ1) is 14.7. The van der Waals surface area contributed by atoms with E-state index < -0.39 is 29.1 Å². The van der Waals surface area contributed by atoms with Gasteiger partial charge in [0.15, 0.2) is 0 Å². The van der Waals surface area contributed by atoms with Crippen molar-refractivity contribution in [3.05, 3.63) is 100 Å². The molecule has 0 atom stereocenters. The Morgan fingerprint density at radius 2 is 1.68 bits per heavy atom. The number of aromatic carboxylic acids is 1. The molecular formula is C23H13ClF3NO3. The Kier molecular flexibility index (Phi) is 5.07. The summed E-state index contributed by atoms with van der Waals surface area (Å²) in [7, 11) is 0. The van der Waals surface area contributed by atoms with Crippen LogP contribution in [-0.2, 0) is 6.18 Å². The Morgan fingerprint density at radius 1 is 0.935 bits per heavy atom. The molecule has 4 aromatic rings. The van der Waals surface area contributed by atoms with E-state index in [4.69, 9.17) is 11.6 Å². The van der Waals surface area contributed by atoms with Gasteiger partial charge in [-0.25, -0.2) is 4.79 Å². The fourth-order valence-corrected chi connectivity index (χ4v) is 3.76. The molecule has 2 aromatic carbocycles. The lowest BCUT2D eigenvalue weighted by atomic mass is 9.99. The van der Waals surface area contributed by atoms with E-state index in [0.717, 1.165) is 12.1 Å². The van der Waals surface area contributed by atoms with E-state index >= 15 is 0 Å². The van der Waals surface area contributed by atoms with E-state index in [0.29, 0.717) is 16.6 Å². The second kappa shape index (κ2) is 7.59. The number of rotatable bonds is 4. The van der Waals surface area contributed by atoms with Gasteiger partial charge in [0.25, 0.3) is 0 Å². The fourth-order valence-electron chi connectivity index (χ4n) is 3.50. The Labute approximate surface area is 179 Å². The number of alkyl halides is 3. The van der Waals surface area contributed by atoms with Gasteiger partial charge >= 0.3 is 12.1 Å². The number of halogens is 4. The van der Waals surface area contributed by atoms with Gasteiger partial charge in [-0.1, -0.05) is 35.9 Å². The topological polar surface area (TPSA) is 58.8 Å². The molecule has 4 nitrogen and oxygen atoms in total. The molecule has 156 valence electrons. The summed E-state index contributed by atoms with van der Waals surface area (Å²) in [5, 5.41) is 8.96. The first-order valence-corrected chi connectivity index (χ1v) is 9.40. The van der Waals surface area contributed by atoms with Gasteiger partial charge in [0.1, 0.15) is 0 Å². The molecule has 0 unspecified atom stereocenters. The maximum Gasteiger partial charge on any atom is 0.417 e. The van der Waals surface area contributed by atoms with Crippen LogP contribution in [0.3, 0.4) is 0 Å². The highest BCUT2D eigenvalue weighted by molar-refractivity contribution is 6.35. The predicted molar refractivity (Wildman–Crippen MR) is 110 cm³/mol. The average molecular weight is 444 g/mol. The van der Waals surface area contributed by atoms with Gasteiger partial charge in [-0.2, -0.15) is 13.2 Å². The van der Waals surface area contributed by atoms with E-state index in [1.54, 1.807) is 36.5 Å². The Hall–Kier alpha value is -3.58. The molecule has 0 bridgehead atoms. The molecule has 8 heteroatoms. The molecule has 2 heterocycles. The summed E-state index contributed by atoms with van der Waals surface area (Å²) in [6, 6.07) is 15.8. The lowest BCUT2D eigenvalue weighted by molar-refractivity contribution is -0.137. The van der Waals surface area contributed by atoms with Crippen LogP contribution in [-0.4, -0.2) is 21.3 Å². The Morgan fingerprint density at radius 3 is 2.39 bits per heavy atom. The molecule has 0 aliphatic carbocycles. The van der Waals surface area contributed by atoms with Crippen LogP contribution in [0.2, 0.25) is 5.02 Å². The molecule has 0 amide bonds. The lowest BCUT2D eigenvalue weighted by Crippen LogP contribution is -2.15. The highest BCUT2D eigenvalue weighted by Crippen LogP contribution is 2.37. The SMILES string of the molecule is O=C(O)c1cccc(-c2cc(C(=O)c3c(Cl)cccc3C(F)(F)F)n3ccccc23)c1. The molecule has 0 saturated heterocycles. The summed E-state index contributed by atoms with van der Waals surface area (Å²) in [5.41, 5.74) is -0.174. The molecule has 0 aliphatic rings. The minimum Gasteiger partial charge on any atom is -0.478 e. The van der Waals surface area contributed by atoms with Crippen molar-refractivity contribution in [2.45, 2.75) is 6.18 Å². The number of carbonyl (C=O) groups is 2. The molecule has 4 rings (SSSR count). The fraction of sp³-hybridized carbons (Fsp3) is 0.0435. The highest BCUT2D eigenvalue weighted by atomic mass is 35.5. The molecule has 0 radical (unpaired) electrons. The smallest absolute Gasteiger partial charge is 0.417 e. The lowest BCUT2D eigenvalue weighted by Gasteiger charge is -2.13. The minimum atomic E-state index is -4.76. The number of fused-ring (bicyclic) bond motifs is 1. The Bertz CT molecular complexity index is 1340. The first-order valence-electron chi connectivity index (χ1n) is 9.02. The van der Waals surface area contributed by atoms with Crippen LogP contribution >= 0.6 is 11.6 Å². The van der Waals surface area contributed by atoms with Gasteiger partial charge in [-0.05, 0) is 48.0 Å². The molecule has 31 heavy (non-hydrogen) atoms. The van der Waals surface area contributed by atoms with E-state index in [9.17, 15) is 27.9 Å². The highest BCUT2D eigenvalue weighted by Gasteiger charge is 2.37. The second-order valence-corrected chi connectivity index (χ2v) is 7.18. The van der Waals surface area contributed by atoms with Crippen LogP contribution in [0.1, 0.15) is 32.0 Å². The van der Waals surface area contributed by atoms with Gasteiger partial charge in [0.2, 0.25) is 5.78 Å². The third kappa shape index (κ3) is 3.68. The zero-order valence-electron chi connectivity index (χ0n) is 15.7. The number of nitrogens with zero attached hydrogens (tertiary/aromatic N) is 1. The molecular weight excluding hydrogens is 431 g/mol. The third-order valence-electron chi connectivity index (χ3n) is 4.88. The number of hydrogen-bond donors (Lipinski definition) is 1.